The van der Waals surface area contributed by atoms with Gasteiger partial charge >= 0.3 is 0 Å². The summed E-state index contributed by atoms with van der Waals surface area (Å²) >= 11 is 1.73. The van der Waals surface area contributed by atoms with E-state index in [1.807, 2.05) is 18.2 Å². The lowest BCUT2D eigenvalue weighted by molar-refractivity contribution is 1.11. The van der Waals surface area contributed by atoms with E-state index in [0.717, 1.165) is 11.3 Å². The number of thiophene rings is 1. The summed E-state index contributed by atoms with van der Waals surface area (Å²) in [6.07, 6.45) is 2.05. The summed E-state index contributed by atoms with van der Waals surface area (Å²) in [6.45, 7) is 2.11. The van der Waals surface area contributed by atoms with Gasteiger partial charge < -0.3 is 4.40 Å². The molecular weight excluding hydrogens is 204 g/mol. The van der Waals surface area contributed by atoms with Gasteiger partial charge in [0.15, 0.2) is 0 Å². The molecular formula is C12H10N2S. The van der Waals surface area contributed by atoms with Gasteiger partial charge in [0.2, 0.25) is 0 Å². The van der Waals surface area contributed by atoms with Crippen LogP contribution in [0.25, 0.3) is 16.2 Å². The zero-order valence-electron chi connectivity index (χ0n) is 8.34. The first-order valence-electron chi connectivity index (χ1n) is 4.84. The molecule has 0 bridgehead atoms. The average molecular weight is 214 g/mol. The van der Waals surface area contributed by atoms with Gasteiger partial charge in [-0.1, -0.05) is 12.1 Å². The number of hydrogen-bond acceptors (Lipinski definition) is 2. The van der Waals surface area contributed by atoms with Crippen molar-refractivity contribution in [2.75, 3.05) is 0 Å². The van der Waals surface area contributed by atoms with E-state index in [9.17, 15) is 0 Å². The molecule has 3 aromatic heterocycles. The van der Waals surface area contributed by atoms with Crippen LogP contribution in [0.3, 0.4) is 0 Å². The number of aryl methyl sites for hydroxylation is 1. The fourth-order valence-corrected chi connectivity index (χ4v) is 2.53. The second-order valence-electron chi connectivity index (χ2n) is 3.45. The molecule has 0 aliphatic heterocycles. The monoisotopic (exact) mass is 214 g/mol. The van der Waals surface area contributed by atoms with Gasteiger partial charge in [-0.15, -0.1) is 11.3 Å². The zero-order chi connectivity index (χ0) is 10.3. The zero-order valence-corrected chi connectivity index (χ0v) is 9.16. The van der Waals surface area contributed by atoms with Crippen LogP contribution in [0.1, 0.15) is 5.69 Å². The quantitative estimate of drug-likeness (QED) is 0.607. The Labute approximate surface area is 91.8 Å². The Hall–Kier alpha value is -1.61. The highest BCUT2D eigenvalue weighted by Crippen LogP contribution is 2.27. The van der Waals surface area contributed by atoms with E-state index in [-0.39, 0.29) is 0 Å². The van der Waals surface area contributed by atoms with Crippen molar-refractivity contribution in [3.63, 3.8) is 0 Å². The third-order valence-electron chi connectivity index (χ3n) is 2.52. The normalized spacial score (nSPS) is 11.0. The predicted octanol–water partition coefficient (Wildman–Crippen LogP) is 3.37. The van der Waals surface area contributed by atoms with Crippen molar-refractivity contribution in [3.05, 3.63) is 47.6 Å². The van der Waals surface area contributed by atoms with Gasteiger partial charge in [0.25, 0.3) is 0 Å². The summed E-state index contributed by atoms with van der Waals surface area (Å²) in [5.74, 6) is 0. The summed E-state index contributed by atoms with van der Waals surface area (Å²) < 4.78 is 2.12. The van der Waals surface area contributed by atoms with E-state index in [1.165, 1.54) is 10.6 Å². The molecule has 0 radical (unpaired) electrons. The van der Waals surface area contributed by atoms with Crippen molar-refractivity contribution in [3.8, 4) is 10.6 Å². The maximum Gasteiger partial charge on any atom is 0.137 e. The molecule has 3 heteroatoms. The van der Waals surface area contributed by atoms with Gasteiger partial charge in [-0.05, 0) is 30.5 Å². The molecule has 3 heterocycles. The summed E-state index contributed by atoms with van der Waals surface area (Å²) in [5, 5.41) is 2.08. The van der Waals surface area contributed by atoms with Gasteiger partial charge in [0.05, 0.1) is 4.88 Å². The smallest absolute Gasteiger partial charge is 0.137 e. The molecule has 0 spiro atoms. The van der Waals surface area contributed by atoms with Crippen LogP contribution < -0.4 is 0 Å². The summed E-state index contributed by atoms with van der Waals surface area (Å²) in [5.41, 5.74) is 3.31. The van der Waals surface area contributed by atoms with E-state index in [0.29, 0.717) is 0 Å². The Bertz CT molecular complexity index is 593. The molecule has 74 valence electrons. The SMILES string of the molecule is Cc1c(-c2cccs2)nc2ccccn12. The molecule has 15 heavy (non-hydrogen) atoms. The van der Waals surface area contributed by atoms with Crippen molar-refractivity contribution in [1.29, 1.82) is 0 Å². The number of pyridine rings is 1. The van der Waals surface area contributed by atoms with Gasteiger partial charge in [-0.2, -0.15) is 0 Å². The Balaban J connectivity index is 2.33. The molecule has 2 nitrogen and oxygen atoms in total. The van der Waals surface area contributed by atoms with Crippen LogP contribution in [0.2, 0.25) is 0 Å². The molecule has 0 atom stereocenters. The first kappa shape index (κ1) is 8.68. The largest absolute Gasteiger partial charge is 0.304 e. The van der Waals surface area contributed by atoms with Crippen LogP contribution in [-0.2, 0) is 0 Å². The maximum atomic E-state index is 4.63. The van der Waals surface area contributed by atoms with Crippen LogP contribution >= 0.6 is 11.3 Å². The third-order valence-corrected chi connectivity index (χ3v) is 3.40. The minimum Gasteiger partial charge on any atom is -0.304 e. The fraction of sp³-hybridized carbons (Fsp3) is 0.0833. The van der Waals surface area contributed by atoms with E-state index >= 15 is 0 Å². The average Bonchev–Trinajstić information content (AvgIpc) is 2.87. The Kier molecular flexibility index (Phi) is 1.86. The number of nitrogens with zero attached hydrogens (tertiary/aromatic N) is 2. The highest BCUT2D eigenvalue weighted by molar-refractivity contribution is 7.13. The Morgan fingerprint density at radius 3 is 2.87 bits per heavy atom. The van der Waals surface area contributed by atoms with Gasteiger partial charge in [-0.25, -0.2) is 4.98 Å². The van der Waals surface area contributed by atoms with Crippen molar-refractivity contribution < 1.29 is 0 Å². The molecule has 0 amide bonds. The number of fused-ring (bicyclic) bond motifs is 1. The van der Waals surface area contributed by atoms with Crippen LogP contribution in [0, 0.1) is 6.92 Å². The second-order valence-corrected chi connectivity index (χ2v) is 4.40. The molecule has 3 aromatic rings. The maximum absolute atomic E-state index is 4.63. The first-order chi connectivity index (χ1) is 7.36. The van der Waals surface area contributed by atoms with E-state index in [2.05, 4.69) is 40.0 Å². The lowest BCUT2D eigenvalue weighted by Crippen LogP contribution is -1.84. The van der Waals surface area contributed by atoms with Gasteiger partial charge in [0, 0.05) is 11.9 Å². The number of imidazole rings is 1. The summed E-state index contributed by atoms with van der Waals surface area (Å²) in [4.78, 5) is 5.86. The van der Waals surface area contributed by atoms with Gasteiger partial charge in [-0.3, -0.25) is 0 Å². The molecule has 0 fully saturated rings. The minimum absolute atomic E-state index is 1.01. The lowest BCUT2D eigenvalue weighted by Gasteiger charge is -1.95. The molecule has 0 saturated carbocycles. The Morgan fingerprint density at radius 2 is 2.13 bits per heavy atom. The minimum atomic E-state index is 1.01. The van der Waals surface area contributed by atoms with Crippen LogP contribution in [0.5, 0.6) is 0 Å². The standard InChI is InChI=1S/C12H10N2S/c1-9-12(10-5-4-8-15-10)13-11-6-2-3-7-14(9)11/h2-8H,1H3. The third kappa shape index (κ3) is 1.27. The highest BCUT2D eigenvalue weighted by Gasteiger charge is 2.09. The van der Waals surface area contributed by atoms with Crippen molar-refractivity contribution >= 4 is 17.0 Å². The number of aromatic nitrogens is 2. The van der Waals surface area contributed by atoms with E-state index < -0.39 is 0 Å². The molecule has 0 N–H and O–H groups in total. The molecule has 0 saturated heterocycles. The second kappa shape index (κ2) is 3.21. The predicted molar refractivity (Wildman–Crippen MR) is 63.2 cm³/mol. The molecule has 0 aliphatic rings. The summed E-state index contributed by atoms with van der Waals surface area (Å²) in [6, 6.07) is 10.2. The van der Waals surface area contributed by atoms with Crippen LogP contribution in [-0.4, -0.2) is 9.38 Å². The van der Waals surface area contributed by atoms with Crippen molar-refractivity contribution in [2.45, 2.75) is 6.92 Å². The van der Waals surface area contributed by atoms with Crippen LogP contribution in [0.15, 0.2) is 41.9 Å². The van der Waals surface area contributed by atoms with E-state index in [4.69, 9.17) is 0 Å². The lowest BCUT2D eigenvalue weighted by atomic mass is 10.3. The fourth-order valence-electron chi connectivity index (χ4n) is 1.77. The van der Waals surface area contributed by atoms with Crippen molar-refractivity contribution in [2.24, 2.45) is 0 Å². The topological polar surface area (TPSA) is 17.3 Å². The van der Waals surface area contributed by atoms with Gasteiger partial charge in [0.1, 0.15) is 11.3 Å². The number of hydrogen-bond donors (Lipinski definition) is 0. The highest BCUT2D eigenvalue weighted by atomic mass is 32.1. The Morgan fingerprint density at radius 1 is 1.20 bits per heavy atom. The number of rotatable bonds is 1. The summed E-state index contributed by atoms with van der Waals surface area (Å²) in [7, 11) is 0. The molecule has 3 rings (SSSR count). The molecule has 0 unspecified atom stereocenters. The molecule has 0 aromatic carbocycles. The van der Waals surface area contributed by atoms with Crippen LogP contribution in [0.4, 0.5) is 0 Å². The van der Waals surface area contributed by atoms with E-state index in [1.54, 1.807) is 11.3 Å². The molecule has 0 aliphatic carbocycles. The first-order valence-corrected chi connectivity index (χ1v) is 5.72. The van der Waals surface area contributed by atoms with Crippen molar-refractivity contribution in [1.82, 2.24) is 9.38 Å².